The lowest BCUT2D eigenvalue weighted by Crippen LogP contribution is -2.61. The van der Waals surface area contributed by atoms with Crippen LogP contribution in [0.1, 0.15) is 32.8 Å². The van der Waals surface area contributed by atoms with E-state index in [4.69, 9.17) is 23.2 Å². The highest BCUT2D eigenvalue weighted by Crippen LogP contribution is 2.26. The monoisotopic (exact) mass is 300 g/mol. The molecule has 0 aliphatic carbocycles. The average Bonchev–Trinajstić information content (AvgIpc) is 2.36. The molecule has 1 aromatic carbocycles. The van der Waals surface area contributed by atoms with Crippen molar-refractivity contribution in [1.29, 1.82) is 0 Å². The van der Waals surface area contributed by atoms with Crippen molar-refractivity contribution in [3.05, 3.63) is 33.8 Å². The summed E-state index contributed by atoms with van der Waals surface area (Å²) in [7, 11) is 0. The number of piperazine rings is 1. The van der Waals surface area contributed by atoms with Crippen LogP contribution < -0.4 is 5.32 Å². The second-order valence-electron chi connectivity index (χ2n) is 5.93. The van der Waals surface area contributed by atoms with E-state index in [2.05, 4.69) is 37.1 Å². The minimum atomic E-state index is 0.164. The molecule has 0 amide bonds. The fourth-order valence-electron chi connectivity index (χ4n) is 2.49. The van der Waals surface area contributed by atoms with Crippen LogP contribution in [0, 0.1) is 0 Å². The zero-order valence-electron chi connectivity index (χ0n) is 11.8. The van der Waals surface area contributed by atoms with Gasteiger partial charge in [0.05, 0.1) is 10.0 Å². The molecule has 2 rings (SSSR count). The van der Waals surface area contributed by atoms with E-state index < -0.39 is 0 Å². The molecule has 0 aromatic heterocycles. The quantitative estimate of drug-likeness (QED) is 0.909. The largest absolute Gasteiger partial charge is 0.311 e. The molecule has 1 heterocycles. The lowest BCUT2D eigenvalue weighted by molar-refractivity contribution is 0.0577. The van der Waals surface area contributed by atoms with Crippen molar-refractivity contribution in [3.8, 4) is 0 Å². The van der Waals surface area contributed by atoms with E-state index in [-0.39, 0.29) is 5.54 Å². The van der Waals surface area contributed by atoms with Crippen LogP contribution in [0.2, 0.25) is 10.0 Å². The zero-order valence-corrected chi connectivity index (χ0v) is 13.4. The van der Waals surface area contributed by atoms with Gasteiger partial charge in [0.1, 0.15) is 0 Å². The molecule has 1 aromatic rings. The molecule has 1 unspecified atom stereocenters. The molecule has 0 bridgehead atoms. The smallest absolute Gasteiger partial charge is 0.0595 e. The van der Waals surface area contributed by atoms with Gasteiger partial charge >= 0.3 is 0 Å². The summed E-state index contributed by atoms with van der Waals surface area (Å²) in [6.45, 7) is 9.80. The van der Waals surface area contributed by atoms with E-state index in [1.54, 1.807) is 0 Å². The number of halogens is 2. The molecule has 2 nitrogen and oxygen atoms in total. The van der Waals surface area contributed by atoms with Gasteiger partial charge in [-0.25, -0.2) is 0 Å². The molecule has 1 saturated heterocycles. The van der Waals surface area contributed by atoms with Gasteiger partial charge in [0.25, 0.3) is 0 Å². The number of hydrogen-bond donors (Lipinski definition) is 1. The molecule has 0 spiro atoms. The van der Waals surface area contributed by atoms with Gasteiger partial charge in [0, 0.05) is 31.2 Å². The first kappa shape index (κ1) is 15.1. The highest BCUT2D eigenvalue weighted by atomic mass is 35.5. The Kier molecular flexibility index (Phi) is 4.78. The molecule has 4 heteroatoms. The number of nitrogens with zero attached hydrogens (tertiary/aromatic N) is 1. The summed E-state index contributed by atoms with van der Waals surface area (Å²) < 4.78 is 0. The van der Waals surface area contributed by atoms with Crippen LogP contribution in [-0.4, -0.2) is 29.6 Å². The maximum Gasteiger partial charge on any atom is 0.0595 e. The van der Waals surface area contributed by atoms with Crippen LogP contribution in [0.3, 0.4) is 0 Å². The number of nitrogens with one attached hydrogen (secondary N) is 1. The van der Waals surface area contributed by atoms with Crippen LogP contribution in [0.25, 0.3) is 0 Å². The summed E-state index contributed by atoms with van der Waals surface area (Å²) in [6.07, 6.45) is 1.16. The summed E-state index contributed by atoms with van der Waals surface area (Å²) in [4.78, 5) is 2.53. The van der Waals surface area contributed by atoms with Crippen LogP contribution in [0.5, 0.6) is 0 Å². The van der Waals surface area contributed by atoms with E-state index in [1.165, 1.54) is 5.56 Å². The highest BCUT2D eigenvalue weighted by Gasteiger charge is 2.33. The Balaban J connectivity index is 2.12. The molecule has 1 atom stereocenters. The third kappa shape index (κ3) is 3.63. The van der Waals surface area contributed by atoms with Gasteiger partial charge in [-0.3, -0.25) is 4.90 Å². The maximum atomic E-state index is 6.10. The Morgan fingerprint density at radius 1 is 1.32 bits per heavy atom. The molecule has 0 saturated carbocycles. The molecule has 1 aliphatic rings. The second-order valence-corrected chi connectivity index (χ2v) is 6.74. The molecular weight excluding hydrogens is 279 g/mol. The summed E-state index contributed by atoms with van der Waals surface area (Å²) >= 11 is 12.1. The van der Waals surface area contributed by atoms with Gasteiger partial charge in [0.15, 0.2) is 0 Å². The van der Waals surface area contributed by atoms with Crippen molar-refractivity contribution in [2.24, 2.45) is 0 Å². The molecule has 0 radical (unpaired) electrons. The van der Waals surface area contributed by atoms with E-state index in [1.807, 2.05) is 12.1 Å². The topological polar surface area (TPSA) is 15.3 Å². The predicted octanol–water partition coefficient (Wildman–Crippen LogP) is 3.96. The van der Waals surface area contributed by atoms with Crippen LogP contribution in [0.15, 0.2) is 18.2 Å². The van der Waals surface area contributed by atoms with Gasteiger partial charge in [-0.05, 0) is 38.0 Å². The Labute approximate surface area is 126 Å². The molecule has 1 aliphatic heterocycles. The lowest BCUT2D eigenvalue weighted by Gasteiger charge is -2.46. The first-order valence-electron chi connectivity index (χ1n) is 6.84. The molecule has 106 valence electrons. The van der Waals surface area contributed by atoms with Gasteiger partial charge in [-0.2, -0.15) is 0 Å². The van der Waals surface area contributed by atoms with Crippen LogP contribution in [0.4, 0.5) is 0 Å². The van der Waals surface area contributed by atoms with Crippen molar-refractivity contribution in [2.75, 3.05) is 13.1 Å². The van der Waals surface area contributed by atoms with Crippen LogP contribution >= 0.6 is 23.2 Å². The number of rotatable bonds is 3. The standard InChI is InChI=1S/C15H22Cl2N2/c1-4-12-9-19(15(2,3)10-18-12)8-11-5-6-13(16)14(17)7-11/h5-7,12,18H,4,8-10H2,1-3H3. The first-order chi connectivity index (χ1) is 8.92. The van der Waals surface area contributed by atoms with Crippen LogP contribution in [-0.2, 0) is 6.54 Å². The van der Waals surface area contributed by atoms with E-state index >= 15 is 0 Å². The lowest BCUT2D eigenvalue weighted by atomic mass is 9.95. The van der Waals surface area contributed by atoms with Crippen molar-refractivity contribution in [2.45, 2.75) is 45.3 Å². The third-order valence-electron chi connectivity index (χ3n) is 3.97. The SMILES string of the molecule is CCC1CN(Cc2ccc(Cl)c(Cl)c2)C(C)(C)CN1. The minimum Gasteiger partial charge on any atom is -0.311 e. The van der Waals surface area contributed by atoms with Crippen molar-refractivity contribution in [1.82, 2.24) is 10.2 Å². The van der Waals surface area contributed by atoms with Gasteiger partial charge < -0.3 is 5.32 Å². The normalized spacial score (nSPS) is 23.5. The van der Waals surface area contributed by atoms with Crippen molar-refractivity contribution >= 4 is 23.2 Å². The summed E-state index contributed by atoms with van der Waals surface area (Å²) in [6, 6.07) is 6.50. The Morgan fingerprint density at radius 2 is 2.05 bits per heavy atom. The summed E-state index contributed by atoms with van der Waals surface area (Å²) in [5.41, 5.74) is 1.39. The predicted molar refractivity (Wildman–Crippen MR) is 83.0 cm³/mol. The highest BCUT2D eigenvalue weighted by molar-refractivity contribution is 6.42. The Bertz CT molecular complexity index is 446. The fourth-order valence-corrected chi connectivity index (χ4v) is 2.81. The number of benzene rings is 1. The molecule has 1 fully saturated rings. The van der Waals surface area contributed by atoms with Crippen molar-refractivity contribution in [3.63, 3.8) is 0 Å². The average molecular weight is 301 g/mol. The maximum absolute atomic E-state index is 6.10. The number of hydrogen-bond acceptors (Lipinski definition) is 2. The van der Waals surface area contributed by atoms with Gasteiger partial charge in [0.2, 0.25) is 0 Å². The Hall–Kier alpha value is -0.280. The fraction of sp³-hybridized carbons (Fsp3) is 0.600. The third-order valence-corrected chi connectivity index (χ3v) is 4.71. The second kappa shape index (κ2) is 6.01. The van der Waals surface area contributed by atoms with E-state index in [9.17, 15) is 0 Å². The molecule has 19 heavy (non-hydrogen) atoms. The first-order valence-corrected chi connectivity index (χ1v) is 7.60. The summed E-state index contributed by atoms with van der Waals surface area (Å²) in [5.74, 6) is 0. The summed E-state index contributed by atoms with van der Waals surface area (Å²) in [5, 5.41) is 4.87. The zero-order chi connectivity index (χ0) is 14.0. The minimum absolute atomic E-state index is 0.164. The van der Waals surface area contributed by atoms with E-state index in [0.29, 0.717) is 16.1 Å². The van der Waals surface area contributed by atoms with Gasteiger partial charge in [-0.15, -0.1) is 0 Å². The van der Waals surface area contributed by atoms with E-state index in [0.717, 1.165) is 26.1 Å². The van der Waals surface area contributed by atoms with Gasteiger partial charge in [-0.1, -0.05) is 36.2 Å². The Morgan fingerprint density at radius 3 is 2.68 bits per heavy atom. The van der Waals surface area contributed by atoms with Crippen molar-refractivity contribution < 1.29 is 0 Å². The molecular formula is C15H22Cl2N2. The molecule has 1 N–H and O–H groups in total.